The second-order valence-corrected chi connectivity index (χ2v) is 4.93. The molecule has 0 saturated carbocycles. The van der Waals surface area contributed by atoms with Crippen molar-refractivity contribution in [3.63, 3.8) is 0 Å². The Hall–Kier alpha value is -1.26. The normalized spacial score (nSPS) is 10.4. The van der Waals surface area contributed by atoms with Gasteiger partial charge < -0.3 is 10.5 Å². The number of halogens is 1. The molecule has 3 nitrogen and oxygen atoms in total. The monoisotopic (exact) mass is 254 g/mol. The van der Waals surface area contributed by atoms with Crippen molar-refractivity contribution in [2.24, 2.45) is 0 Å². The lowest BCUT2D eigenvalue weighted by molar-refractivity contribution is 0.415. The first-order valence-electron chi connectivity index (χ1n) is 4.68. The van der Waals surface area contributed by atoms with Crippen LogP contribution in [0.4, 0.5) is 5.00 Å². The molecular formula is C11H11ClN2OS. The first kappa shape index (κ1) is 11.2. The molecule has 2 rings (SSSR count). The van der Waals surface area contributed by atoms with Crippen LogP contribution in [0.2, 0.25) is 5.02 Å². The van der Waals surface area contributed by atoms with Gasteiger partial charge in [-0.3, -0.25) is 0 Å². The van der Waals surface area contributed by atoms with Gasteiger partial charge in [0.25, 0.3) is 0 Å². The van der Waals surface area contributed by atoms with Crippen LogP contribution in [0, 0.1) is 6.92 Å². The number of thiazole rings is 1. The maximum absolute atomic E-state index is 6.15. The Morgan fingerprint density at radius 2 is 2.19 bits per heavy atom. The Bertz CT molecular complexity index is 525. The van der Waals surface area contributed by atoms with Crippen molar-refractivity contribution in [1.82, 2.24) is 4.98 Å². The van der Waals surface area contributed by atoms with Crippen LogP contribution in [-0.4, -0.2) is 12.1 Å². The molecule has 0 aliphatic carbocycles. The van der Waals surface area contributed by atoms with Crippen molar-refractivity contribution in [2.75, 3.05) is 12.8 Å². The van der Waals surface area contributed by atoms with Crippen LogP contribution in [-0.2, 0) is 0 Å². The van der Waals surface area contributed by atoms with Gasteiger partial charge in [0.2, 0.25) is 0 Å². The molecule has 5 heteroatoms. The molecule has 0 unspecified atom stereocenters. The lowest BCUT2D eigenvalue weighted by Gasteiger charge is -2.04. The Morgan fingerprint density at radius 3 is 2.69 bits per heavy atom. The molecule has 0 aliphatic rings. The molecule has 2 N–H and O–H groups in total. The standard InChI is InChI=1S/C11H11ClN2OS/c1-6-14-10(11(13)16-6)8-4-3-7(15-2)5-9(8)12/h3-5H,13H2,1-2H3. The van der Waals surface area contributed by atoms with Crippen LogP contribution in [0.25, 0.3) is 11.3 Å². The first-order valence-corrected chi connectivity index (χ1v) is 5.88. The van der Waals surface area contributed by atoms with Gasteiger partial charge in [-0.15, -0.1) is 11.3 Å². The lowest BCUT2D eigenvalue weighted by atomic mass is 10.1. The number of nitrogens with zero attached hydrogens (tertiary/aromatic N) is 1. The summed E-state index contributed by atoms with van der Waals surface area (Å²) in [6.07, 6.45) is 0. The molecule has 0 spiro atoms. The minimum absolute atomic E-state index is 0.594. The number of aromatic nitrogens is 1. The molecule has 84 valence electrons. The summed E-state index contributed by atoms with van der Waals surface area (Å²) < 4.78 is 5.09. The summed E-state index contributed by atoms with van der Waals surface area (Å²) in [5.41, 5.74) is 7.46. The average molecular weight is 255 g/mol. The number of hydrogen-bond donors (Lipinski definition) is 1. The van der Waals surface area contributed by atoms with Gasteiger partial charge in [0, 0.05) is 5.56 Å². The van der Waals surface area contributed by atoms with Gasteiger partial charge in [-0.25, -0.2) is 4.98 Å². The van der Waals surface area contributed by atoms with Crippen molar-refractivity contribution in [2.45, 2.75) is 6.92 Å². The fourth-order valence-corrected chi connectivity index (χ4v) is 2.42. The van der Waals surface area contributed by atoms with Crippen LogP contribution in [0.3, 0.4) is 0 Å². The number of nitrogen functional groups attached to an aromatic ring is 1. The van der Waals surface area contributed by atoms with E-state index in [0.717, 1.165) is 22.0 Å². The summed E-state index contributed by atoms with van der Waals surface area (Å²) in [4.78, 5) is 4.37. The van der Waals surface area contributed by atoms with Crippen molar-refractivity contribution < 1.29 is 4.74 Å². The molecule has 0 fully saturated rings. The maximum Gasteiger partial charge on any atom is 0.120 e. The number of aryl methyl sites for hydroxylation is 1. The van der Waals surface area contributed by atoms with Gasteiger partial charge in [-0.1, -0.05) is 11.6 Å². The Morgan fingerprint density at radius 1 is 1.44 bits per heavy atom. The third kappa shape index (κ3) is 1.99. The van der Waals surface area contributed by atoms with E-state index in [-0.39, 0.29) is 0 Å². The number of anilines is 1. The van der Waals surface area contributed by atoms with Crippen LogP contribution in [0.5, 0.6) is 5.75 Å². The van der Waals surface area contributed by atoms with Crippen molar-refractivity contribution in [3.8, 4) is 17.0 Å². The van der Waals surface area contributed by atoms with Gasteiger partial charge in [0.05, 0.1) is 17.1 Å². The Balaban J connectivity index is 2.52. The molecular weight excluding hydrogens is 244 g/mol. The highest BCUT2D eigenvalue weighted by Crippen LogP contribution is 2.36. The van der Waals surface area contributed by atoms with E-state index < -0.39 is 0 Å². The second-order valence-electron chi connectivity index (χ2n) is 3.29. The third-order valence-electron chi connectivity index (χ3n) is 2.19. The molecule has 16 heavy (non-hydrogen) atoms. The van der Waals surface area contributed by atoms with Gasteiger partial charge >= 0.3 is 0 Å². The Labute approximate surface area is 103 Å². The van der Waals surface area contributed by atoms with Crippen LogP contribution in [0.15, 0.2) is 18.2 Å². The van der Waals surface area contributed by atoms with Gasteiger partial charge in [-0.05, 0) is 25.1 Å². The predicted octanol–water partition coefficient (Wildman–Crippen LogP) is 3.36. The van der Waals surface area contributed by atoms with Crippen molar-refractivity contribution >= 4 is 27.9 Å². The zero-order chi connectivity index (χ0) is 11.7. The van der Waals surface area contributed by atoms with E-state index >= 15 is 0 Å². The number of rotatable bonds is 2. The summed E-state index contributed by atoms with van der Waals surface area (Å²) in [6, 6.07) is 5.46. The molecule has 0 atom stereocenters. The number of nitrogens with two attached hydrogens (primary N) is 1. The van der Waals surface area contributed by atoms with Gasteiger partial charge in [0.15, 0.2) is 0 Å². The summed E-state index contributed by atoms with van der Waals surface area (Å²) in [5.74, 6) is 0.722. The van der Waals surface area contributed by atoms with E-state index in [1.807, 2.05) is 19.1 Å². The summed E-state index contributed by atoms with van der Waals surface area (Å²) in [5, 5.41) is 2.21. The molecule has 2 aromatic rings. The molecule has 1 aromatic carbocycles. The molecule has 0 bridgehead atoms. The molecule has 0 amide bonds. The third-order valence-corrected chi connectivity index (χ3v) is 3.30. The molecule has 0 aliphatic heterocycles. The van der Waals surface area contributed by atoms with E-state index in [0.29, 0.717) is 10.0 Å². The van der Waals surface area contributed by atoms with Crippen molar-refractivity contribution in [3.05, 3.63) is 28.2 Å². The van der Waals surface area contributed by atoms with E-state index in [1.165, 1.54) is 11.3 Å². The Kier molecular flexibility index (Phi) is 3.03. The van der Waals surface area contributed by atoms with E-state index in [2.05, 4.69) is 4.98 Å². The molecule has 0 saturated heterocycles. The number of ether oxygens (including phenoxy) is 1. The maximum atomic E-state index is 6.15. The molecule has 0 radical (unpaired) electrons. The largest absolute Gasteiger partial charge is 0.497 e. The van der Waals surface area contributed by atoms with E-state index in [4.69, 9.17) is 22.1 Å². The average Bonchev–Trinajstić information content (AvgIpc) is 2.57. The zero-order valence-corrected chi connectivity index (χ0v) is 10.5. The minimum atomic E-state index is 0.594. The van der Waals surface area contributed by atoms with Crippen molar-refractivity contribution in [1.29, 1.82) is 0 Å². The highest BCUT2D eigenvalue weighted by atomic mass is 35.5. The summed E-state index contributed by atoms with van der Waals surface area (Å²) >= 11 is 7.61. The first-order chi connectivity index (χ1) is 7.61. The van der Waals surface area contributed by atoms with E-state index in [9.17, 15) is 0 Å². The minimum Gasteiger partial charge on any atom is -0.497 e. The fourth-order valence-electron chi connectivity index (χ4n) is 1.45. The lowest BCUT2D eigenvalue weighted by Crippen LogP contribution is -1.88. The number of hydrogen-bond acceptors (Lipinski definition) is 4. The zero-order valence-electron chi connectivity index (χ0n) is 8.95. The van der Waals surface area contributed by atoms with Crippen LogP contribution in [0.1, 0.15) is 5.01 Å². The van der Waals surface area contributed by atoms with Gasteiger partial charge in [0.1, 0.15) is 16.4 Å². The molecule has 1 aromatic heterocycles. The quantitative estimate of drug-likeness (QED) is 0.894. The second kappa shape index (κ2) is 4.31. The predicted molar refractivity (Wildman–Crippen MR) is 68.3 cm³/mol. The number of methoxy groups -OCH3 is 1. The van der Waals surface area contributed by atoms with E-state index in [1.54, 1.807) is 13.2 Å². The summed E-state index contributed by atoms with van der Waals surface area (Å²) in [7, 11) is 1.60. The topological polar surface area (TPSA) is 48.1 Å². The SMILES string of the molecule is COc1ccc(-c2nc(C)sc2N)c(Cl)c1. The summed E-state index contributed by atoms with van der Waals surface area (Å²) in [6.45, 7) is 1.92. The number of benzene rings is 1. The smallest absolute Gasteiger partial charge is 0.120 e. The highest BCUT2D eigenvalue weighted by Gasteiger charge is 2.12. The fraction of sp³-hybridized carbons (Fsp3) is 0.182. The molecule has 1 heterocycles. The van der Waals surface area contributed by atoms with Crippen LogP contribution >= 0.6 is 22.9 Å². The highest BCUT2D eigenvalue weighted by molar-refractivity contribution is 7.16. The van der Waals surface area contributed by atoms with Crippen LogP contribution < -0.4 is 10.5 Å². The van der Waals surface area contributed by atoms with Gasteiger partial charge in [-0.2, -0.15) is 0 Å².